The summed E-state index contributed by atoms with van der Waals surface area (Å²) in [6.07, 6.45) is 0. The third kappa shape index (κ3) is 4.32. The molecule has 0 saturated carbocycles. The number of ether oxygens (including phenoxy) is 1. The Morgan fingerprint density at radius 1 is 1.21 bits per heavy atom. The quantitative estimate of drug-likeness (QED) is 0.629. The van der Waals surface area contributed by atoms with E-state index in [1.807, 2.05) is 0 Å². The van der Waals surface area contributed by atoms with Gasteiger partial charge in [0.25, 0.3) is 5.91 Å². The minimum Gasteiger partial charge on any atom is -0.482 e. The molecule has 0 heterocycles. The highest BCUT2D eigenvalue weighted by Crippen LogP contribution is 2.24. The van der Waals surface area contributed by atoms with Gasteiger partial charge in [0.15, 0.2) is 12.4 Å². The minimum absolute atomic E-state index is 0.0226. The molecule has 0 saturated heterocycles. The lowest BCUT2D eigenvalue weighted by atomic mass is 10.0. The van der Waals surface area contributed by atoms with Crippen molar-refractivity contribution in [3.63, 3.8) is 0 Å². The number of ketones is 1. The Morgan fingerprint density at radius 3 is 2.54 bits per heavy atom. The van der Waals surface area contributed by atoms with Gasteiger partial charge in [-0.25, -0.2) is 4.39 Å². The number of nitrogen functional groups attached to an aromatic ring is 1. The largest absolute Gasteiger partial charge is 0.482 e. The van der Waals surface area contributed by atoms with Crippen LogP contribution in [0.5, 0.6) is 5.75 Å². The van der Waals surface area contributed by atoms with Gasteiger partial charge in [-0.05, 0) is 30.3 Å². The van der Waals surface area contributed by atoms with Gasteiger partial charge in [-0.15, -0.1) is 0 Å². The summed E-state index contributed by atoms with van der Waals surface area (Å²) >= 11 is 0. The number of anilines is 2. The summed E-state index contributed by atoms with van der Waals surface area (Å²) in [4.78, 5) is 23.7. The number of carbonyl (C=O) groups excluding carboxylic acids is 2. The van der Waals surface area contributed by atoms with Crippen molar-refractivity contribution in [2.75, 3.05) is 17.7 Å². The molecule has 2 aromatic rings. The number of rotatable bonds is 6. The van der Waals surface area contributed by atoms with Gasteiger partial charge in [0.2, 0.25) is 0 Å². The van der Waals surface area contributed by atoms with Crippen LogP contribution < -0.4 is 15.8 Å². The molecular weight excluding hydrogens is 311 g/mol. The van der Waals surface area contributed by atoms with Crippen LogP contribution in [0.4, 0.5) is 15.8 Å². The molecule has 6 heteroatoms. The van der Waals surface area contributed by atoms with E-state index in [2.05, 4.69) is 5.32 Å². The number of benzene rings is 2. The first-order chi connectivity index (χ1) is 11.4. The first-order valence-electron chi connectivity index (χ1n) is 7.49. The third-order valence-corrected chi connectivity index (χ3v) is 3.33. The van der Waals surface area contributed by atoms with Gasteiger partial charge in [-0.1, -0.05) is 26.0 Å². The van der Waals surface area contributed by atoms with Gasteiger partial charge in [-0.3, -0.25) is 9.59 Å². The topological polar surface area (TPSA) is 81.4 Å². The number of nitrogens with one attached hydrogen (secondary N) is 1. The molecule has 1 amide bonds. The van der Waals surface area contributed by atoms with Gasteiger partial charge >= 0.3 is 0 Å². The molecule has 0 spiro atoms. The van der Waals surface area contributed by atoms with Crippen LogP contribution in [-0.4, -0.2) is 18.3 Å². The van der Waals surface area contributed by atoms with Gasteiger partial charge < -0.3 is 15.8 Å². The lowest BCUT2D eigenvalue weighted by Gasteiger charge is -2.11. The molecule has 2 rings (SSSR count). The van der Waals surface area contributed by atoms with Crippen molar-refractivity contribution in [1.82, 2.24) is 0 Å². The molecule has 24 heavy (non-hydrogen) atoms. The predicted molar refractivity (Wildman–Crippen MR) is 90.5 cm³/mol. The second kappa shape index (κ2) is 7.59. The van der Waals surface area contributed by atoms with E-state index in [4.69, 9.17) is 10.5 Å². The van der Waals surface area contributed by atoms with Crippen LogP contribution in [0.2, 0.25) is 0 Å². The number of amides is 1. The van der Waals surface area contributed by atoms with Crippen LogP contribution in [0.25, 0.3) is 0 Å². The molecule has 3 N–H and O–H groups in total. The molecule has 0 unspecified atom stereocenters. The standard InChI is InChI=1S/C18H19FN2O3/c1-11(2)18(23)12-7-8-16(14(20)9-12)24-10-17(22)21-15-6-4-3-5-13(15)19/h3-9,11H,10,20H2,1-2H3,(H,21,22). The Balaban J connectivity index is 1.98. The fourth-order valence-corrected chi connectivity index (χ4v) is 2.06. The average molecular weight is 330 g/mol. The third-order valence-electron chi connectivity index (χ3n) is 3.33. The van der Waals surface area contributed by atoms with Crippen molar-refractivity contribution in [1.29, 1.82) is 0 Å². The molecule has 0 aliphatic rings. The fourth-order valence-electron chi connectivity index (χ4n) is 2.06. The molecule has 0 aromatic heterocycles. The molecule has 0 bridgehead atoms. The monoisotopic (exact) mass is 330 g/mol. The van der Waals surface area contributed by atoms with E-state index in [1.165, 1.54) is 24.3 Å². The molecule has 2 aromatic carbocycles. The second-order valence-electron chi connectivity index (χ2n) is 5.59. The summed E-state index contributed by atoms with van der Waals surface area (Å²) in [7, 11) is 0. The van der Waals surface area contributed by atoms with Crippen LogP contribution in [0.1, 0.15) is 24.2 Å². The fraction of sp³-hybridized carbons (Fsp3) is 0.222. The van der Waals surface area contributed by atoms with Crippen molar-refractivity contribution in [2.24, 2.45) is 5.92 Å². The summed E-state index contributed by atoms with van der Waals surface area (Å²) in [6.45, 7) is 3.28. The highest BCUT2D eigenvalue weighted by Gasteiger charge is 2.13. The maximum Gasteiger partial charge on any atom is 0.262 e. The minimum atomic E-state index is -0.526. The maximum atomic E-state index is 13.5. The Bertz CT molecular complexity index is 760. The van der Waals surface area contributed by atoms with E-state index in [0.29, 0.717) is 11.3 Å². The molecule has 0 fully saturated rings. The Kier molecular flexibility index (Phi) is 5.52. The number of hydrogen-bond acceptors (Lipinski definition) is 4. The van der Waals surface area contributed by atoms with Gasteiger partial charge in [0.1, 0.15) is 11.6 Å². The summed E-state index contributed by atoms with van der Waals surface area (Å²) < 4.78 is 18.8. The maximum absolute atomic E-state index is 13.5. The van der Waals surface area contributed by atoms with Crippen molar-refractivity contribution < 1.29 is 18.7 Å². The van der Waals surface area contributed by atoms with Gasteiger partial charge in [-0.2, -0.15) is 0 Å². The lowest BCUT2D eigenvalue weighted by Crippen LogP contribution is -2.21. The molecule has 5 nitrogen and oxygen atoms in total. The van der Waals surface area contributed by atoms with Crippen molar-refractivity contribution in [3.8, 4) is 5.75 Å². The Hall–Kier alpha value is -2.89. The Labute approximate surface area is 139 Å². The van der Waals surface area contributed by atoms with Crippen molar-refractivity contribution in [3.05, 3.63) is 53.8 Å². The van der Waals surface area contributed by atoms with E-state index in [0.717, 1.165) is 0 Å². The van der Waals surface area contributed by atoms with E-state index < -0.39 is 11.7 Å². The van der Waals surface area contributed by atoms with Crippen LogP contribution in [0.3, 0.4) is 0 Å². The van der Waals surface area contributed by atoms with E-state index in [9.17, 15) is 14.0 Å². The zero-order valence-corrected chi connectivity index (χ0v) is 13.5. The summed E-state index contributed by atoms with van der Waals surface area (Å²) in [6, 6.07) is 10.5. The highest BCUT2D eigenvalue weighted by atomic mass is 19.1. The molecular formula is C18H19FN2O3. The van der Waals surface area contributed by atoms with Gasteiger partial charge in [0, 0.05) is 11.5 Å². The molecule has 126 valence electrons. The summed E-state index contributed by atoms with van der Waals surface area (Å²) in [5.74, 6) is -0.906. The number of Topliss-reactive ketones (excluding diaryl/α,β-unsaturated/α-hetero) is 1. The van der Waals surface area contributed by atoms with Crippen LogP contribution in [-0.2, 0) is 4.79 Å². The van der Waals surface area contributed by atoms with Crippen molar-refractivity contribution in [2.45, 2.75) is 13.8 Å². The van der Waals surface area contributed by atoms with E-state index in [1.54, 1.807) is 32.0 Å². The molecule has 0 radical (unpaired) electrons. The molecule has 0 aliphatic carbocycles. The van der Waals surface area contributed by atoms with Crippen LogP contribution >= 0.6 is 0 Å². The van der Waals surface area contributed by atoms with Gasteiger partial charge in [0.05, 0.1) is 11.4 Å². The number of hydrogen-bond donors (Lipinski definition) is 2. The smallest absolute Gasteiger partial charge is 0.262 e. The van der Waals surface area contributed by atoms with Crippen LogP contribution in [0, 0.1) is 11.7 Å². The highest BCUT2D eigenvalue weighted by molar-refractivity contribution is 5.98. The lowest BCUT2D eigenvalue weighted by molar-refractivity contribution is -0.118. The van der Waals surface area contributed by atoms with E-state index >= 15 is 0 Å². The zero-order valence-electron chi connectivity index (χ0n) is 13.5. The molecule has 0 aliphatic heterocycles. The van der Waals surface area contributed by atoms with Crippen LogP contribution in [0.15, 0.2) is 42.5 Å². The predicted octanol–water partition coefficient (Wildman–Crippen LogP) is 3.26. The summed E-state index contributed by atoms with van der Waals surface area (Å²) in [5, 5.41) is 2.41. The number of carbonyl (C=O) groups is 2. The van der Waals surface area contributed by atoms with E-state index in [-0.39, 0.29) is 29.7 Å². The Morgan fingerprint density at radius 2 is 1.92 bits per heavy atom. The second-order valence-corrected chi connectivity index (χ2v) is 5.59. The normalized spacial score (nSPS) is 10.5. The van der Waals surface area contributed by atoms with Crippen molar-refractivity contribution >= 4 is 23.1 Å². The first kappa shape index (κ1) is 17.5. The molecule has 0 atom stereocenters. The average Bonchev–Trinajstić information content (AvgIpc) is 2.55. The first-order valence-corrected chi connectivity index (χ1v) is 7.49. The SMILES string of the molecule is CC(C)C(=O)c1ccc(OCC(=O)Nc2ccccc2F)c(N)c1. The number of nitrogens with two attached hydrogens (primary N) is 1. The number of halogens is 1. The summed E-state index contributed by atoms with van der Waals surface area (Å²) in [5.41, 5.74) is 6.69. The number of para-hydroxylation sites is 1. The zero-order chi connectivity index (χ0) is 17.7.